The van der Waals surface area contributed by atoms with E-state index in [-0.39, 0.29) is 0 Å². The van der Waals surface area contributed by atoms with Gasteiger partial charge in [-0.2, -0.15) is 0 Å². The average Bonchev–Trinajstić information content (AvgIpc) is 3.81. The second kappa shape index (κ2) is 9.87. The monoisotopic (exact) mass is 647 g/mol. The van der Waals surface area contributed by atoms with E-state index >= 15 is 0 Å². The standard InChI is InChI=1S/C48H29N3/c1-2-12-30(13-3-1)31-14-8-15-32(28-31)49-40-21-6-5-17-35(40)39-29-33(26-27-42(39)49)50-43-23-10-18-36-38-20-9-19-37-34-16-4-7-22-41(34)51(48(37)38)45-25-11-24-44(50)47(45)46(36)43/h1-29H. The third-order valence-corrected chi connectivity index (χ3v) is 11.1. The largest absolute Gasteiger partial charge is 0.309 e. The number of hydrogen-bond donors (Lipinski definition) is 0. The van der Waals surface area contributed by atoms with Gasteiger partial charge in [-0.15, -0.1) is 0 Å². The van der Waals surface area contributed by atoms with Crippen LogP contribution in [-0.2, 0) is 0 Å². The molecule has 51 heavy (non-hydrogen) atoms. The Hall–Kier alpha value is -6.84. The van der Waals surface area contributed by atoms with E-state index in [0.717, 1.165) is 11.4 Å². The van der Waals surface area contributed by atoms with Crippen LogP contribution >= 0.6 is 0 Å². The number of aromatic nitrogens is 3. The summed E-state index contributed by atoms with van der Waals surface area (Å²) >= 11 is 0. The van der Waals surface area contributed by atoms with Crippen LogP contribution in [0.2, 0.25) is 0 Å². The Balaban J connectivity index is 1.18. The van der Waals surface area contributed by atoms with Gasteiger partial charge in [-0.05, 0) is 77.2 Å². The van der Waals surface area contributed by atoms with Crippen molar-refractivity contribution < 1.29 is 0 Å². The van der Waals surface area contributed by atoms with E-state index in [1.54, 1.807) is 0 Å². The summed E-state index contributed by atoms with van der Waals surface area (Å²) in [7, 11) is 0. The van der Waals surface area contributed by atoms with Crippen molar-refractivity contribution in [2.24, 2.45) is 0 Å². The minimum absolute atomic E-state index is 1.16. The molecule has 0 atom stereocenters. The molecule has 4 heterocycles. The van der Waals surface area contributed by atoms with Crippen LogP contribution in [0.5, 0.6) is 0 Å². The molecule has 0 aliphatic heterocycles. The SMILES string of the molecule is c1ccc(-c2cccc(-n3c4ccccc4c4cc(-n5c6cccc7c8cccc9c%10ccccc%10n(c%10cccc5c%10c76)c89)ccc43)c2)cc1. The molecule has 0 spiro atoms. The van der Waals surface area contributed by atoms with Gasteiger partial charge in [0, 0.05) is 49.1 Å². The molecule has 0 saturated heterocycles. The minimum atomic E-state index is 1.16. The molecule has 0 amide bonds. The van der Waals surface area contributed by atoms with Crippen LogP contribution in [0.1, 0.15) is 0 Å². The van der Waals surface area contributed by atoms with E-state index in [9.17, 15) is 0 Å². The van der Waals surface area contributed by atoms with Gasteiger partial charge in [-0.25, -0.2) is 0 Å². The Labute approximate surface area is 292 Å². The highest BCUT2D eigenvalue weighted by atomic mass is 15.0. The zero-order valence-corrected chi connectivity index (χ0v) is 27.6. The molecule has 12 rings (SSSR count). The molecule has 0 unspecified atom stereocenters. The minimum Gasteiger partial charge on any atom is -0.309 e. The summed E-state index contributed by atoms with van der Waals surface area (Å²) in [5.74, 6) is 0. The molecule has 0 aliphatic carbocycles. The second-order valence-corrected chi connectivity index (χ2v) is 13.7. The summed E-state index contributed by atoms with van der Waals surface area (Å²) in [4.78, 5) is 0. The van der Waals surface area contributed by atoms with Gasteiger partial charge in [0.1, 0.15) is 0 Å². The highest BCUT2D eigenvalue weighted by Crippen LogP contribution is 2.44. The van der Waals surface area contributed by atoms with E-state index in [0.29, 0.717) is 0 Å². The average molecular weight is 648 g/mol. The predicted octanol–water partition coefficient (Wildman–Crippen LogP) is 12.7. The Kier molecular flexibility index (Phi) is 5.23. The van der Waals surface area contributed by atoms with Crippen molar-refractivity contribution in [1.82, 2.24) is 13.5 Å². The molecule has 12 aromatic rings. The molecule has 8 aromatic carbocycles. The number of fused-ring (bicyclic) bond motifs is 8. The highest BCUT2D eigenvalue weighted by Gasteiger charge is 2.22. The first-order valence-electron chi connectivity index (χ1n) is 17.6. The lowest BCUT2D eigenvalue weighted by Crippen LogP contribution is -1.96. The summed E-state index contributed by atoms with van der Waals surface area (Å²) in [6.07, 6.45) is 0. The maximum absolute atomic E-state index is 2.51. The summed E-state index contributed by atoms with van der Waals surface area (Å²) in [5.41, 5.74) is 13.4. The van der Waals surface area contributed by atoms with Gasteiger partial charge in [-0.3, -0.25) is 0 Å². The smallest absolute Gasteiger partial charge is 0.0619 e. The van der Waals surface area contributed by atoms with Gasteiger partial charge in [0.2, 0.25) is 0 Å². The molecular formula is C48H29N3. The fourth-order valence-electron chi connectivity index (χ4n) is 9.10. The second-order valence-electron chi connectivity index (χ2n) is 13.7. The van der Waals surface area contributed by atoms with Crippen LogP contribution in [0, 0.1) is 0 Å². The number of rotatable bonds is 3. The molecule has 3 nitrogen and oxygen atoms in total. The van der Waals surface area contributed by atoms with Crippen molar-refractivity contribution in [1.29, 1.82) is 0 Å². The Bertz CT molecular complexity index is 3360. The molecule has 0 radical (unpaired) electrons. The Morgan fingerprint density at radius 3 is 1.67 bits per heavy atom. The van der Waals surface area contributed by atoms with E-state index in [1.165, 1.54) is 92.8 Å². The van der Waals surface area contributed by atoms with Crippen LogP contribution < -0.4 is 0 Å². The first-order valence-corrected chi connectivity index (χ1v) is 17.6. The van der Waals surface area contributed by atoms with Crippen LogP contribution in [0.3, 0.4) is 0 Å². The van der Waals surface area contributed by atoms with Gasteiger partial charge in [0.15, 0.2) is 0 Å². The number of hydrogen-bond acceptors (Lipinski definition) is 0. The van der Waals surface area contributed by atoms with E-state index in [2.05, 4.69) is 189 Å². The van der Waals surface area contributed by atoms with E-state index in [1.807, 2.05) is 0 Å². The van der Waals surface area contributed by atoms with Gasteiger partial charge in [0.25, 0.3) is 0 Å². The lowest BCUT2D eigenvalue weighted by molar-refractivity contribution is 1.17. The lowest BCUT2D eigenvalue weighted by Gasteiger charge is -2.12. The number of para-hydroxylation sites is 3. The summed E-state index contributed by atoms with van der Waals surface area (Å²) in [5, 5.41) is 10.2. The van der Waals surface area contributed by atoms with Crippen LogP contribution in [0.4, 0.5) is 0 Å². The first-order chi connectivity index (χ1) is 25.3. The van der Waals surface area contributed by atoms with Crippen LogP contribution in [0.25, 0.3) is 104 Å². The molecule has 0 N–H and O–H groups in total. The first kappa shape index (κ1) is 27.0. The highest BCUT2D eigenvalue weighted by molar-refractivity contribution is 6.31. The maximum atomic E-state index is 2.51. The summed E-state index contributed by atoms with van der Waals surface area (Å²) in [6, 6.07) is 64.7. The number of nitrogens with zero attached hydrogens (tertiary/aromatic N) is 3. The molecule has 0 saturated carbocycles. The Morgan fingerprint density at radius 1 is 0.275 bits per heavy atom. The van der Waals surface area contributed by atoms with Gasteiger partial charge in [0.05, 0.1) is 38.6 Å². The third-order valence-electron chi connectivity index (χ3n) is 11.1. The van der Waals surface area contributed by atoms with Crippen molar-refractivity contribution >= 4 is 81.7 Å². The molecule has 236 valence electrons. The van der Waals surface area contributed by atoms with Crippen LogP contribution in [-0.4, -0.2) is 13.5 Å². The number of benzene rings is 8. The Morgan fingerprint density at radius 2 is 0.804 bits per heavy atom. The molecule has 0 bridgehead atoms. The topological polar surface area (TPSA) is 14.3 Å². The van der Waals surface area contributed by atoms with E-state index in [4.69, 9.17) is 0 Å². The fourth-order valence-corrected chi connectivity index (χ4v) is 9.10. The van der Waals surface area contributed by atoms with Gasteiger partial charge >= 0.3 is 0 Å². The van der Waals surface area contributed by atoms with Gasteiger partial charge in [-0.1, -0.05) is 115 Å². The van der Waals surface area contributed by atoms with Crippen molar-refractivity contribution in [3.63, 3.8) is 0 Å². The molecule has 4 aromatic heterocycles. The normalized spacial score (nSPS) is 12.3. The lowest BCUT2D eigenvalue weighted by atomic mass is 10.0. The quantitative estimate of drug-likeness (QED) is 0.181. The molecule has 0 aliphatic rings. The predicted molar refractivity (Wildman–Crippen MR) is 215 cm³/mol. The van der Waals surface area contributed by atoms with Crippen molar-refractivity contribution in [2.45, 2.75) is 0 Å². The van der Waals surface area contributed by atoms with Crippen molar-refractivity contribution in [3.05, 3.63) is 176 Å². The van der Waals surface area contributed by atoms with Crippen LogP contribution in [0.15, 0.2) is 176 Å². The zero-order chi connectivity index (χ0) is 33.2. The van der Waals surface area contributed by atoms with Crippen molar-refractivity contribution in [2.75, 3.05) is 0 Å². The molecular weight excluding hydrogens is 619 g/mol. The summed E-state index contributed by atoms with van der Waals surface area (Å²) in [6.45, 7) is 0. The zero-order valence-electron chi connectivity index (χ0n) is 27.6. The van der Waals surface area contributed by atoms with Gasteiger partial charge < -0.3 is 13.5 Å². The molecule has 3 heteroatoms. The fraction of sp³-hybridized carbons (Fsp3) is 0. The summed E-state index contributed by atoms with van der Waals surface area (Å²) < 4.78 is 7.41. The van der Waals surface area contributed by atoms with Crippen molar-refractivity contribution in [3.8, 4) is 22.5 Å². The molecule has 0 fully saturated rings. The van der Waals surface area contributed by atoms with E-state index < -0.39 is 0 Å². The maximum Gasteiger partial charge on any atom is 0.0619 e. The third kappa shape index (κ3) is 3.52.